The van der Waals surface area contributed by atoms with Crippen LogP contribution >= 0.6 is 0 Å². The predicted octanol–water partition coefficient (Wildman–Crippen LogP) is 2.23. The predicted molar refractivity (Wildman–Crippen MR) is 55.0 cm³/mol. The first-order valence-electron chi connectivity index (χ1n) is 4.85. The van der Waals surface area contributed by atoms with Crippen LogP contribution in [0.2, 0.25) is 0 Å². The standard InChI is InChI=1S/C11H11F3N2O/c12-11(13,14)9(6-16)7-17-10-3-1-8(5-15)2-4-10/h1-4,9H,5,7,15H2. The molecular formula is C11H11F3N2O. The summed E-state index contributed by atoms with van der Waals surface area (Å²) in [5, 5.41) is 8.36. The highest BCUT2D eigenvalue weighted by molar-refractivity contribution is 5.27. The van der Waals surface area contributed by atoms with Gasteiger partial charge < -0.3 is 10.5 Å². The first kappa shape index (κ1) is 13.3. The molecule has 0 aliphatic rings. The molecule has 1 aromatic carbocycles. The summed E-state index contributed by atoms with van der Waals surface area (Å²) in [6, 6.07) is 7.52. The van der Waals surface area contributed by atoms with Crippen molar-refractivity contribution in [2.75, 3.05) is 6.61 Å². The summed E-state index contributed by atoms with van der Waals surface area (Å²) in [4.78, 5) is 0. The molecule has 1 unspecified atom stereocenters. The van der Waals surface area contributed by atoms with Crippen molar-refractivity contribution in [3.63, 3.8) is 0 Å². The average Bonchev–Trinajstić information content (AvgIpc) is 2.29. The van der Waals surface area contributed by atoms with Crippen molar-refractivity contribution < 1.29 is 17.9 Å². The van der Waals surface area contributed by atoms with E-state index in [1.807, 2.05) is 0 Å². The number of nitrogens with zero attached hydrogens (tertiary/aromatic N) is 1. The summed E-state index contributed by atoms with van der Waals surface area (Å²) >= 11 is 0. The van der Waals surface area contributed by atoms with Gasteiger partial charge in [0.2, 0.25) is 0 Å². The maximum atomic E-state index is 12.2. The molecular weight excluding hydrogens is 233 g/mol. The van der Waals surface area contributed by atoms with Gasteiger partial charge >= 0.3 is 6.18 Å². The summed E-state index contributed by atoms with van der Waals surface area (Å²) in [6.07, 6.45) is -4.56. The maximum absolute atomic E-state index is 12.2. The Morgan fingerprint density at radius 3 is 2.29 bits per heavy atom. The van der Waals surface area contributed by atoms with E-state index in [0.29, 0.717) is 6.54 Å². The van der Waals surface area contributed by atoms with Crippen molar-refractivity contribution >= 4 is 0 Å². The fourth-order valence-electron chi connectivity index (χ4n) is 1.11. The van der Waals surface area contributed by atoms with Crippen LogP contribution in [0.5, 0.6) is 5.75 Å². The number of nitriles is 1. The van der Waals surface area contributed by atoms with Gasteiger partial charge in [0.05, 0.1) is 6.07 Å². The van der Waals surface area contributed by atoms with Crippen molar-refractivity contribution in [3.05, 3.63) is 29.8 Å². The van der Waals surface area contributed by atoms with E-state index in [1.165, 1.54) is 12.1 Å². The number of hydrogen-bond acceptors (Lipinski definition) is 3. The van der Waals surface area contributed by atoms with Crippen LogP contribution in [-0.2, 0) is 6.54 Å². The third kappa shape index (κ3) is 3.96. The SMILES string of the molecule is N#CC(COc1ccc(CN)cc1)C(F)(F)F. The molecule has 0 aliphatic carbocycles. The minimum Gasteiger partial charge on any atom is -0.492 e. The number of hydrogen-bond donors (Lipinski definition) is 1. The van der Waals surface area contributed by atoms with Crippen LogP contribution in [0, 0.1) is 17.2 Å². The summed E-state index contributed by atoms with van der Waals surface area (Å²) < 4.78 is 41.6. The van der Waals surface area contributed by atoms with Crippen molar-refractivity contribution in [1.29, 1.82) is 5.26 Å². The van der Waals surface area contributed by atoms with Gasteiger partial charge in [-0.1, -0.05) is 12.1 Å². The van der Waals surface area contributed by atoms with Gasteiger partial charge in [-0.05, 0) is 17.7 Å². The minimum absolute atomic E-state index is 0.284. The lowest BCUT2D eigenvalue weighted by molar-refractivity contribution is -0.165. The molecule has 0 spiro atoms. The van der Waals surface area contributed by atoms with Gasteiger partial charge in [-0.2, -0.15) is 18.4 Å². The Bertz CT molecular complexity index is 395. The zero-order valence-electron chi connectivity index (χ0n) is 8.87. The molecule has 0 fully saturated rings. The van der Waals surface area contributed by atoms with Crippen LogP contribution in [0.25, 0.3) is 0 Å². The van der Waals surface area contributed by atoms with Crippen molar-refractivity contribution in [2.24, 2.45) is 11.7 Å². The monoisotopic (exact) mass is 244 g/mol. The molecule has 0 saturated heterocycles. The van der Waals surface area contributed by atoms with Gasteiger partial charge in [-0.3, -0.25) is 0 Å². The lowest BCUT2D eigenvalue weighted by Gasteiger charge is -2.14. The molecule has 1 aromatic rings. The summed E-state index contributed by atoms with van der Waals surface area (Å²) in [7, 11) is 0. The van der Waals surface area contributed by atoms with Crippen molar-refractivity contribution in [3.8, 4) is 11.8 Å². The highest BCUT2D eigenvalue weighted by Gasteiger charge is 2.40. The molecule has 2 N–H and O–H groups in total. The molecule has 0 aromatic heterocycles. The molecule has 1 rings (SSSR count). The Balaban J connectivity index is 2.58. The van der Waals surface area contributed by atoms with Crippen LogP contribution in [0.1, 0.15) is 5.56 Å². The summed E-state index contributed by atoms with van der Waals surface area (Å²) in [6.45, 7) is -0.356. The molecule has 92 valence electrons. The molecule has 0 heterocycles. The molecule has 0 radical (unpaired) electrons. The molecule has 6 heteroatoms. The topological polar surface area (TPSA) is 59.0 Å². The largest absolute Gasteiger partial charge is 0.492 e. The zero-order valence-corrected chi connectivity index (χ0v) is 8.87. The van der Waals surface area contributed by atoms with E-state index in [9.17, 15) is 13.2 Å². The van der Waals surface area contributed by atoms with Gasteiger partial charge in [-0.15, -0.1) is 0 Å². The van der Waals surface area contributed by atoms with E-state index in [2.05, 4.69) is 0 Å². The van der Waals surface area contributed by atoms with Crippen molar-refractivity contribution in [1.82, 2.24) is 0 Å². The number of rotatable bonds is 4. The Morgan fingerprint density at radius 2 is 1.88 bits per heavy atom. The minimum atomic E-state index is -4.56. The average molecular weight is 244 g/mol. The highest BCUT2D eigenvalue weighted by atomic mass is 19.4. The molecule has 0 saturated carbocycles. The van der Waals surface area contributed by atoms with E-state index in [-0.39, 0.29) is 5.75 Å². The maximum Gasteiger partial charge on any atom is 0.407 e. The molecule has 0 bridgehead atoms. The normalized spacial score (nSPS) is 12.9. The van der Waals surface area contributed by atoms with Crippen LogP contribution in [0.15, 0.2) is 24.3 Å². The second kappa shape index (κ2) is 5.55. The third-order valence-corrected chi connectivity index (χ3v) is 2.13. The van der Waals surface area contributed by atoms with Gasteiger partial charge in [-0.25, -0.2) is 0 Å². The Kier molecular flexibility index (Phi) is 4.35. The summed E-state index contributed by atoms with van der Waals surface area (Å²) in [5.74, 6) is -1.83. The fourth-order valence-corrected chi connectivity index (χ4v) is 1.11. The lowest BCUT2D eigenvalue weighted by Crippen LogP contribution is -2.27. The second-order valence-electron chi connectivity index (χ2n) is 3.38. The smallest absolute Gasteiger partial charge is 0.407 e. The Labute approximate surface area is 96.6 Å². The number of alkyl halides is 3. The quantitative estimate of drug-likeness (QED) is 0.883. The summed E-state index contributed by atoms with van der Waals surface area (Å²) in [5.41, 5.74) is 6.22. The van der Waals surface area contributed by atoms with Gasteiger partial charge in [0.1, 0.15) is 12.4 Å². The van der Waals surface area contributed by atoms with E-state index < -0.39 is 18.7 Å². The third-order valence-electron chi connectivity index (χ3n) is 2.13. The number of nitrogens with two attached hydrogens (primary N) is 1. The highest BCUT2D eigenvalue weighted by Crippen LogP contribution is 2.26. The number of ether oxygens (including phenoxy) is 1. The zero-order chi connectivity index (χ0) is 12.9. The van der Waals surface area contributed by atoms with E-state index >= 15 is 0 Å². The molecule has 3 nitrogen and oxygen atoms in total. The van der Waals surface area contributed by atoms with E-state index in [4.69, 9.17) is 15.7 Å². The first-order valence-corrected chi connectivity index (χ1v) is 4.85. The van der Waals surface area contributed by atoms with E-state index in [1.54, 1.807) is 12.1 Å². The Morgan fingerprint density at radius 1 is 1.29 bits per heavy atom. The van der Waals surface area contributed by atoms with Gasteiger partial charge in [0.15, 0.2) is 5.92 Å². The van der Waals surface area contributed by atoms with Crippen LogP contribution in [-0.4, -0.2) is 12.8 Å². The Hall–Kier alpha value is -1.74. The van der Waals surface area contributed by atoms with E-state index in [0.717, 1.165) is 11.6 Å². The van der Waals surface area contributed by atoms with Gasteiger partial charge in [0, 0.05) is 6.54 Å². The van der Waals surface area contributed by atoms with Crippen LogP contribution in [0.4, 0.5) is 13.2 Å². The molecule has 17 heavy (non-hydrogen) atoms. The lowest BCUT2D eigenvalue weighted by atomic mass is 10.2. The van der Waals surface area contributed by atoms with Crippen molar-refractivity contribution in [2.45, 2.75) is 12.7 Å². The number of halogens is 3. The number of benzene rings is 1. The molecule has 1 atom stereocenters. The second-order valence-corrected chi connectivity index (χ2v) is 3.38. The van der Waals surface area contributed by atoms with Gasteiger partial charge in [0.25, 0.3) is 0 Å². The molecule has 0 aliphatic heterocycles. The van der Waals surface area contributed by atoms with Crippen LogP contribution in [0.3, 0.4) is 0 Å². The van der Waals surface area contributed by atoms with Crippen LogP contribution < -0.4 is 10.5 Å². The molecule has 0 amide bonds. The fraction of sp³-hybridized carbons (Fsp3) is 0.364. The first-order chi connectivity index (χ1) is 7.97.